The highest BCUT2D eigenvalue weighted by Gasteiger charge is 2.01. The largest absolute Gasteiger partial charge is 0.271 e. The van der Waals surface area contributed by atoms with Crippen molar-refractivity contribution in [2.24, 2.45) is 0 Å². The van der Waals surface area contributed by atoms with Crippen LogP contribution < -0.4 is 0 Å². The summed E-state index contributed by atoms with van der Waals surface area (Å²) in [6, 6.07) is 13.7. The summed E-state index contributed by atoms with van der Waals surface area (Å²) in [4.78, 5) is 0. The van der Waals surface area contributed by atoms with Crippen LogP contribution in [-0.2, 0) is 0 Å². The molecular formula is C16H11F3. The Morgan fingerprint density at radius 2 is 1.53 bits per heavy atom. The molecule has 0 radical (unpaired) electrons. The molecule has 0 fully saturated rings. The van der Waals surface area contributed by atoms with Crippen molar-refractivity contribution in [3.8, 4) is 0 Å². The summed E-state index contributed by atoms with van der Waals surface area (Å²) in [6.45, 7) is 0. The van der Waals surface area contributed by atoms with Crippen molar-refractivity contribution in [3.63, 3.8) is 0 Å². The molecule has 0 amide bonds. The first-order chi connectivity index (χ1) is 9.15. The third-order valence-electron chi connectivity index (χ3n) is 2.56. The van der Waals surface area contributed by atoms with Gasteiger partial charge in [-0.3, -0.25) is 0 Å². The summed E-state index contributed by atoms with van der Waals surface area (Å²) in [7, 11) is 0. The summed E-state index contributed by atoms with van der Waals surface area (Å²) in [5, 5.41) is 0. The molecule has 0 aliphatic heterocycles. The van der Waals surface area contributed by atoms with Crippen molar-refractivity contribution < 1.29 is 13.2 Å². The minimum atomic E-state index is -1.91. The highest BCUT2D eigenvalue weighted by molar-refractivity contribution is 5.70. The van der Waals surface area contributed by atoms with Crippen LogP contribution >= 0.6 is 0 Å². The molecule has 3 heteroatoms. The van der Waals surface area contributed by atoms with Gasteiger partial charge in [-0.25, -0.2) is 4.39 Å². The summed E-state index contributed by atoms with van der Waals surface area (Å²) >= 11 is 0. The second-order valence-electron chi connectivity index (χ2n) is 3.96. The average molecular weight is 259 g/mol. The van der Waals surface area contributed by atoms with E-state index in [4.69, 9.17) is 0 Å². The maximum Gasteiger partial charge on any atom is 0.271 e. The fourth-order valence-corrected chi connectivity index (χ4v) is 1.64. The molecule has 0 heterocycles. The smallest absolute Gasteiger partial charge is 0.206 e. The summed E-state index contributed by atoms with van der Waals surface area (Å²) in [6.07, 6.45) is 2.17. The van der Waals surface area contributed by atoms with Crippen LogP contribution in [0.5, 0.6) is 0 Å². The molecule has 0 spiro atoms. The molecule has 19 heavy (non-hydrogen) atoms. The second-order valence-corrected chi connectivity index (χ2v) is 3.96. The average Bonchev–Trinajstić information content (AvgIpc) is 2.40. The van der Waals surface area contributed by atoms with E-state index in [1.165, 1.54) is 12.1 Å². The van der Waals surface area contributed by atoms with Crippen LogP contribution in [0, 0.1) is 5.82 Å². The Morgan fingerprint density at radius 1 is 0.842 bits per heavy atom. The number of hydrogen-bond donors (Lipinski definition) is 0. The Balaban J connectivity index is 2.21. The van der Waals surface area contributed by atoms with Crippen molar-refractivity contribution >= 4 is 18.2 Å². The number of halogens is 3. The molecule has 0 aliphatic rings. The molecule has 0 aromatic heterocycles. The fraction of sp³-hybridized carbons (Fsp3) is 0. The van der Waals surface area contributed by atoms with Gasteiger partial charge in [0.15, 0.2) is 0 Å². The second kappa shape index (κ2) is 6.05. The standard InChI is InChI=1S/C16H11F3/c17-15-10-13(8-9-14(15)11-16(18)19)7-6-12-4-2-1-3-5-12/h1-11H/b7-6+/i18-1/b7-6+,16-11-. The zero-order chi connectivity index (χ0) is 13.7. The van der Waals surface area contributed by atoms with Gasteiger partial charge in [0.1, 0.15) is 5.82 Å². The van der Waals surface area contributed by atoms with E-state index in [2.05, 4.69) is 0 Å². The Morgan fingerprint density at radius 3 is 2.16 bits per heavy atom. The van der Waals surface area contributed by atoms with E-state index in [0.29, 0.717) is 11.6 Å². The molecule has 0 bridgehead atoms. The zero-order valence-corrected chi connectivity index (χ0v) is 9.98. The maximum atomic E-state index is 13.5. The van der Waals surface area contributed by atoms with Crippen LogP contribution in [0.25, 0.3) is 18.2 Å². The lowest BCUT2D eigenvalue weighted by atomic mass is 10.1. The van der Waals surface area contributed by atoms with E-state index in [0.717, 1.165) is 5.56 Å². The highest BCUT2D eigenvalue weighted by Crippen LogP contribution is 2.17. The molecule has 96 valence electrons. The van der Waals surface area contributed by atoms with Crippen LogP contribution in [0.2, 0.25) is 0 Å². The third kappa shape index (κ3) is 3.85. The normalized spacial score (nSPS) is 12.1. The van der Waals surface area contributed by atoms with E-state index in [1.807, 2.05) is 36.4 Å². The Kier molecular flexibility index (Phi) is 4.18. The Labute approximate surface area is 109 Å². The van der Waals surface area contributed by atoms with E-state index in [9.17, 15) is 13.2 Å². The van der Waals surface area contributed by atoms with Gasteiger partial charge in [-0.05, 0) is 17.2 Å². The molecule has 0 unspecified atom stereocenters. The predicted octanol–water partition coefficient (Wildman–Crippen LogP) is 5.23. The molecule has 2 aromatic rings. The lowest BCUT2D eigenvalue weighted by Crippen LogP contribution is -1.83. The van der Waals surface area contributed by atoms with Gasteiger partial charge in [-0.2, -0.15) is 8.78 Å². The number of benzene rings is 2. The summed E-state index contributed by atoms with van der Waals surface area (Å²) < 4.78 is 37.6. The number of hydrogen-bond acceptors (Lipinski definition) is 0. The monoisotopic (exact) mass is 259 g/mol. The topological polar surface area (TPSA) is 0 Å². The lowest BCUT2D eigenvalue weighted by molar-refractivity contribution is 0.429. The molecule has 0 N–H and O–H groups in total. The van der Waals surface area contributed by atoms with Gasteiger partial charge in [0.05, 0.1) is 0 Å². The van der Waals surface area contributed by atoms with Crippen molar-refractivity contribution in [2.75, 3.05) is 0 Å². The molecule has 2 aromatic carbocycles. The van der Waals surface area contributed by atoms with Gasteiger partial charge in [0, 0.05) is 11.6 Å². The SMILES string of the molecule is F/C([18F])=C\c1ccc(/C=C/c2ccccc2)cc1F. The minimum Gasteiger partial charge on any atom is -0.206 e. The minimum absolute atomic E-state index is 0.114. The van der Waals surface area contributed by atoms with Crippen LogP contribution in [-0.4, -0.2) is 0 Å². The lowest BCUT2D eigenvalue weighted by Gasteiger charge is -1.99. The zero-order valence-electron chi connectivity index (χ0n) is 9.98. The highest BCUT2D eigenvalue weighted by atomic mass is 19.2. The first kappa shape index (κ1) is 13.1. The van der Waals surface area contributed by atoms with E-state index >= 15 is 0 Å². The van der Waals surface area contributed by atoms with Crippen LogP contribution in [0.3, 0.4) is 0 Å². The Bertz CT molecular complexity index is 609. The quantitative estimate of drug-likeness (QED) is 0.662. The Hall–Kier alpha value is -2.29. The molecule has 0 atom stereocenters. The maximum absolute atomic E-state index is 13.5. The molecular weight excluding hydrogens is 248 g/mol. The van der Waals surface area contributed by atoms with Gasteiger partial charge in [0.2, 0.25) is 0 Å². The van der Waals surface area contributed by atoms with E-state index in [1.54, 1.807) is 12.1 Å². The third-order valence-corrected chi connectivity index (χ3v) is 2.56. The molecule has 0 saturated heterocycles. The number of rotatable bonds is 3. The first-order valence-electron chi connectivity index (χ1n) is 5.70. The van der Waals surface area contributed by atoms with Crippen molar-refractivity contribution in [1.29, 1.82) is 0 Å². The van der Waals surface area contributed by atoms with Gasteiger partial charge in [-0.1, -0.05) is 54.6 Å². The van der Waals surface area contributed by atoms with Gasteiger partial charge >= 0.3 is 0 Å². The van der Waals surface area contributed by atoms with Crippen LogP contribution in [0.4, 0.5) is 13.2 Å². The van der Waals surface area contributed by atoms with E-state index in [-0.39, 0.29) is 5.56 Å². The fourth-order valence-electron chi connectivity index (χ4n) is 1.64. The first-order valence-corrected chi connectivity index (χ1v) is 5.70. The summed E-state index contributed by atoms with van der Waals surface area (Å²) in [5.41, 5.74) is 1.50. The predicted molar refractivity (Wildman–Crippen MR) is 72.0 cm³/mol. The van der Waals surface area contributed by atoms with E-state index < -0.39 is 11.9 Å². The van der Waals surface area contributed by atoms with Gasteiger partial charge in [0.25, 0.3) is 6.08 Å². The van der Waals surface area contributed by atoms with Crippen molar-refractivity contribution in [2.45, 2.75) is 0 Å². The van der Waals surface area contributed by atoms with Gasteiger partial charge < -0.3 is 0 Å². The van der Waals surface area contributed by atoms with Crippen LogP contribution in [0.15, 0.2) is 54.6 Å². The van der Waals surface area contributed by atoms with Crippen molar-refractivity contribution in [1.82, 2.24) is 0 Å². The summed E-state index contributed by atoms with van der Waals surface area (Å²) in [5.74, 6) is -0.664. The molecule has 2 rings (SSSR count). The molecule has 0 nitrogen and oxygen atoms in total. The van der Waals surface area contributed by atoms with Gasteiger partial charge in [-0.15, -0.1) is 0 Å². The van der Waals surface area contributed by atoms with Crippen LogP contribution in [0.1, 0.15) is 16.7 Å². The molecule has 0 saturated carbocycles. The molecule has 0 aliphatic carbocycles. The van der Waals surface area contributed by atoms with Crippen molar-refractivity contribution in [3.05, 3.63) is 77.1 Å².